The summed E-state index contributed by atoms with van der Waals surface area (Å²) < 4.78 is 1.69. The van der Waals surface area contributed by atoms with E-state index in [9.17, 15) is 4.79 Å². The lowest BCUT2D eigenvalue weighted by Gasteiger charge is -2.19. The fourth-order valence-electron chi connectivity index (χ4n) is 2.44. The minimum absolute atomic E-state index is 0.0645. The molecular formula is C12H18N4OS. The lowest BCUT2D eigenvalue weighted by atomic mass is 10.0. The monoisotopic (exact) mass is 266 g/mol. The number of nitrogens with zero attached hydrogens (tertiary/aromatic N) is 2. The average molecular weight is 266 g/mol. The maximum absolute atomic E-state index is 12.2. The first kappa shape index (κ1) is 13.0. The number of aromatic nitrogens is 2. The summed E-state index contributed by atoms with van der Waals surface area (Å²) in [6.45, 7) is 1.88. The Morgan fingerprint density at radius 2 is 2.33 bits per heavy atom. The maximum Gasteiger partial charge on any atom is 0.254 e. The summed E-state index contributed by atoms with van der Waals surface area (Å²) >= 11 is 5.04. The van der Waals surface area contributed by atoms with Crippen LogP contribution >= 0.6 is 12.2 Å². The Hall–Kier alpha value is -1.43. The number of hydrogen-bond donors (Lipinski definition) is 2. The molecule has 6 heteroatoms. The van der Waals surface area contributed by atoms with E-state index in [0.717, 1.165) is 25.0 Å². The molecule has 5 nitrogen and oxygen atoms in total. The highest BCUT2D eigenvalue weighted by molar-refractivity contribution is 7.80. The summed E-state index contributed by atoms with van der Waals surface area (Å²) in [6.07, 6.45) is 4.55. The zero-order valence-corrected chi connectivity index (χ0v) is 11.5. The van der Waals surface area contributed by atoms with Gasteiger partial charge in [0.1, 0.15) is 0 Å². The van der Waals surface area contributed by atoms with Crippen LogP contribution in [-0.2, 0) is 7.05 Å². The fourth-order valence-corrected chi connectivity index (χ4v) is 2.72. The molecule has 1 aliphatic carbocycles. The molecule has 2 rings (SSSR count). The second kappa shape index (κ2) is 5.06. The van der Waals surface area contributed by atoms with Crippen molar-refractivity contribution in [2.24, 2.45) is 18.7 Å². The highest BCUT2D eigenvalue weighted by Crippen LogP contribution is 2.26. The van der Waals surface area contributed by atoms with Crippen LogP contribution in [0.5, 0.6) is 0 Å². The van der Waals surface area contributed by atoms with Crippen LogP contribution in [0.4, 0.5) is 0 Å². The van der Waals surface area contributed by atoms with E-state index < -0.39 is 0 Å². The van der Waals surface area contributed by atoms with Crippen molar-refractivity contribution >= 4 is 23.1 Å². The zero-order valence-electron chi connectivity index (χ0n) is 10.6. The number of carbonyl (C=O) groups excluding carboxylic acids is 1. The minimum Gasteiger partial charge on any atom is -0.393 e. The molecule has 0 spiro atoms. The molecule has 0 saturated heterocycles. The van der Waals surface area contributed by atoms with Crippen molar-refractivity contribution in [3.63, 3.8) is 0 Å². The smallest absolute Gasteiger partial charge is 0.254 e. The van der Waals surface area contributed by atoms with Crippen molar-refractivity contribution in [1.82, 2.24) is 15.1 Å². The molecule has 1 saturated carbocycles. The second-order valence-corrected chi connectivity index (χ2v) is 5.26. The van der Waals surface area contributed by atoms with Crippen LogP contribution in [0.15, 0.2) is 6.20 Å². The number of hydrogen-bond acceptors (Lipinski definition) is 3. The summed E-state index contributed by atoms with van der Waals surface area (Å²) in [6, 6.07) is 0.0645. The van der Waals surface area contributed by atoms with Gasteiger partial charge in [0, 0.05) is 24.7 Å². The van der Waals surface area contributed by atoms with Gasteiger partial charge in [0.25, 0.3) is 5.91 Å². The van der Waals surface area contributed by atoms with Gasteiger partial charge in [-0.25, -0.2) is 0 Å². The number of thiocarbonyl (C=S) groups is 1. The van der Waals surface area contributed by atoms with Crippen LogP contribution in [0.2, 0.25) is 0 Å². The minimum atomic E-state index is -0.0891. The van der Waals surface area contributed by atoms with Gasteiger partial charge in [-0.1, -0.05) is 18.6 Å². The molecule has 1 fully saturated rings. The van der Waals surface area contributed by atoms with Crippen molar-refractivity contribution in [1.29, 1.82) is 0 Å². The maximum atomic E-state index is 12.2. The van der Waals surface area contributed by atoms with Crippen molar-refractivity contribution in [3.05, 3.63) is 17.5 Å². The lowest BCUT2D eigenvalue weighted by molar-refractivity contribution is 0.0933. The van der Waals surface area contributed by atoms with E-state index in [1.165, 1.54) is 0 Å². The Bertz CT molecular complexity index is 482. The number of nitrogens with two attached hydrogens (primary N) is 1. The lowest BCUT2D eigenvalue weighted by Crippen LogP contribution is -2.41. The van der Waals surface area contributed by atoms with Gasteiger partial charge in [-0.15, -0.1) is 0 Å². The molecular weight excluding hydrogens is 248 g/mol. The number of rotatable bonds is 3. The van der Waals surface area contributed by atoms with E-state index in [4.69, 9.17) is 18.0 Å². The summed E-state index contributed by atoms with van der Waals surface area (Å²) in [4.78, 5) is 12.7. The Kier molecular flexibility index (Phi) is 3.65. The predicted molar refractivity (Wildman–Crippen MR) is 73.3 cm³/mol. The van der Waals surface area contributed by atoms with Gasteiger partial charge in [0.15, 0.2) is 0 Å². The fraction of sp³-hybridized carbons (Fsp3) is 0.583. The quantitative estimate of drug-likeness (QED) is 0.798. The molecule has 1 amide bonds. The van der Waals surface area contributed by atoms with Crippen LogP contribution in [0.3, 0.4) is 0 Å². The Morgan fingerprint density at radius 3 is 2.89 bits per heavy atom. The van der Waals surface area contributed by atoms with Gasteiger partial charge in [-0.2, -0.15) is 5.10 Å². The van der Waals surface area contributed by atoms with Crippen LogP contribution in [0.25, 0.3) is 0 Å². The van der Waals surface area contributed by atoms with Crippen molar-refractivity contribution in [3.8, 4) is 0 Å². The summed E-state index contributed by atoms with van der Waals surface area (Å²) in [5.74, 6) is 0.0367. The van der Waals surface area contributed by atoms with Gasteiger partial charge in [0.2, 0.25) is 0 Å². The van der Waals surface area contributed by atoms with Crippen LogP contribution in [0.1, 0.15) is 35.3 Å². The van der Waals surface area contributed by atoms with Gasteiger partial charge >= 0.3 is 0 Å². The van der Waals surface area contributed by atoms with E-state index in [2.05, 4.69) is 10.4 Å². The third-order valence-electron chi connectivity index (χ3n) is 3.68. The molecule has 1 aromatic rings. The number of amides is 1. The Balaban J connectivity index is 2.08. The van der Waals surface area contributed by atoms with Crippen molar-refractivity contribution in [2.45, 2.75) is 32.2 Å². The third-order valence-corrected chi connectivity index (χ3v) is 3.98. The van der Waals surface area contributed by atoms with Gasteiger partial charge < -0.3 is 11.1 Å². The molecule has 98 valence electrons. The molecule has 2 atom stereocenters. The molecule has 0 bridgehead atoms. The molecule has 1 aromatic heterocycles. The molecule has 3 N–H and O–H groups in total. The summed E-state index contributed by atoms with van der Waals surface area (Å²) in [5.41, 5.74) is 7.18. The normalized spacial score (nSPS) is 23.0. The Morgan fingerprint density at radius 1 is 1.61 bits per heavy atom. The molecule has 0 aromatic carbocycles. The average Bonchev–Trinajstić information content (AvgIpc) is 2.88. The third kappa shape index (κ3) is 2.38. The first-order chi connectivity index (χ1) is 8.50. The second-order valence-electron chi connectivity index (χ2n) is 4.79. The predicted octanol–water partition coefficient (Wildman–Crippen LogP) is 0.913. The molecule has 0 aliphatic heterocycles. The molecule has 18 heavy (non-hydrogen) atoms. The summed E-state index contributed by atoms with van der Waals surface area (Å²) in [5, 5.41) is 7.09. The van der Waals surface area contributed by atoms with Crippen LogP contribution < -0.4 is 11.1 Å². The SMILES string of the molecule is Cc1c(C(=O)NC2CCCC2C(N)=S)cnn1C. The molecule has 1 aliphatic rings. The van der Waals surface area contributed by atoms with Gasteiger partial charge in [-0.05, 0) is 19.8 Å². The van der Waals surface area contributed by atoms with E-state index in [0.29, 0.717) is 10.6 Å². The molecule has 1 heterocycles. The molecule has 0 radical (unpaired) electrons. The highest BCUT2D eigenvalue weighted by Gasteiger charge is 2.31. The van der Waals surface area contributed by atoms with Crippen molar-refractivity contribution < 1.29 is 4.79 Å². The Labute approximate surface area is 112 Å². The van der Waals surface area contributed by atoms with E-state index in [-0.39, 0.29) is 17.9 Å². The first-order valence-electron chi connectivity index (χ1n) is 6.09. The molecule has 2 unspecified atom stereocenters. The number of nitrogens with one attached hydrogen (secondary N) is 1. The van der Waals surface area contributed by atoms with Crippen LogP contribution in [-0.4, -0.2) is 26.7 Å². The van der Waals surface area contributed by atoms with Gasteiger partial charge in [0.05, 0.1) is 16.7 Å². The standard InChI is InChI=1S/C12H18N4OS/c1-7-9(6-14-16(7)2)12(17)15-10-5-3-4-8(10)11(13)18/h6,8,10H,3-5H2,1-2H3,(H2,13,18)(H,15,17). The van der Waals surface area contributed by atoms with Gasteiger partial charge in [-0.3, -0.25) is 9.48 Å². The van der Waals surface area contributed by atoms with Crippen molar-refractivity contribution in [2.75, 3.05) is 0 Å². The zero-order chi connectivity index (χ0) is 13.3. The van der Waals surface area contributed by atoms with E-state index in [1.807, 2.05) is 14.0 Å². The summed E-state index contributed by atoms with van der Waals surface area (Å²) in [7, 11) is 1.82. The topological polar surface area (TPSA) is 72.9 Å². The highest BCUT2D eigenvalue weighted by atomic mass is 32.1. The first-order valence-corrected chi connectivity index (χ1v) is 6.50. The number of carbonyl (C=O) groups is 1. The number of aryl methyl sites for hydroxylation is 1. The van der Waals surface area contributed by atoms with E-state index >= 15 is 0 Å². The largest absolute Gasteiger partial charge is 0.393 e. The van der Waals surface area contributed by atoms with E-state index in [1.54, 1.807) is 10.9 Å². The van der Waals surface area contributed by atoms with Crippen LogP contribution in [0, 0.1) is 12.8 Å².